The van der Waals surface area contributed by atoms with Crippen molar-refractivity contribution in [3.05, 3.63) is 78.4 Å². The fraction of sp³-hybridized carbons (Fsp3) is 0.0833. The Morgan fingerprint density at radius 3 is 2.31 bits per heavy atom. The molecule has 2 aromatic heterocycles. The van der Waals surface area contributed by atoms with Crippen molar-refractivity contribution in [2.75, 3.05) is 19.5 Å². The third-order valence-electron chi connectivity index (χ3n) is 5.25. The summed E-state index contributed by atoms with van der Waals surface area (Å²) in [5, 5.41) is 21.5. The van der Waals surface area contributed by atoms with Gasteiger partial charge >= 0.3 is 0 Å². The summed E-state index contributed by atoms with van der Waals surface area (Å²) < 4.78 is 7.00. The number of carbonyl (C=O) groups excluding carboxylic acids is 1. The zero-order valence-electron chi connectivity index (χ0n) is 17.5. The predicted molar refractivity (Wildman–Crippen MR) is 123 cm³/mol. The van der Waals surface area contributed by atoms with E-state index in [4.69, 9.17) is 9.84 Å². The molecule has 2 heterocycles. The molecule has 2 N–H and O–H groups in total. The number of rotatable bonds is 5. The van der Waals surface area contributed by atoms with E-state index in [2.05, 4.69) is 20.8 Å². The van der Waals surface area contributed by atoms with Crippen LogP contribution in [-0.2, 0) is 0 Å². The molecular weight excluding hydrogens is 404 g/mol. The van der Waals surface area contributed by atoms with Gasteiger partial charge in [0, 0.05) is 34.6 Å². The van der Waals surface area contributed by atoms with Crippen LogP contribution >= 0.6 is 0 Å². The first kappa shape index (κ1) is 19.5. The number of hydrogen-bond donors (Lipinski definition) is 2. The van der Waals surface area contributed by atoms with Gasteiger partial charge in [0.1, 0.15) is 5.75 Å². The smallest absolute Gasteiger partial charge is 0.251 e. The van der Waals surface area contributed by atoms with Crippen LogP contribution in [0, 0.1) is 0 Å². The molecule has 0 bridgehead atoms. The fourth-order valence-corrected chi connectivity index (χ4v) is 3.58. The summed E-state index contributed by atoms with van der Waals surface area (Å²) >= 11 is 0. The summed E-state index contributed by atoms with van der Waals surface area (Å²) in [4.78, 5) is 11.8. The van der Waals surface area contributed by atoms with Crippen molar-refractivity contribution in [3.63, 3.8) is 0 Å². The summed E-state index contributed by atoms with van der Waals surface area (Å²) in [6.45, 7) is 0. The molecule has 0 saturated heterocycles. The molecule has 0 aliphatic carbocycles. The highest BCUT2D eigenvalue weighted by atomic mass is 16.5. The van der Waals surface area contributed by atoms with E-state index < -0.39 is 0 Å². The van der Waals surface area contributed by atoms with Crippen molar-refractivity contribution in [2.24, 2.45) is 0 Å². The number of hydrogen-bond acceptors (Lipinski definition) is 6. The zero-order chi connectivity index (χ0) is 22.1. The molecule has 3 aromatic carbocycles. The van der Waals surface area contributed by atoms with Crippen LogP contribution in [0.25, 0.3) is 27.8 Å². The van der Waals surface area contributed by atoms with E-state index in [0.717, 1.165) is 27.8 Å². The Balaban J connectivity index is 1.62. The first-order valence-corrected chi connectivity index (χ1v) is 10.1. The van der Waals surface area contributed by atoms with E-state index in [1.807, 2.05) is 60.7 Å². The maximum atomic E-state index is 11.8. The first-order valence-electron chi connectivity index (χ1n) is 10.1. The highest BCUT2D eigenvalue weighted by Gasteiger charge is 2.16. The Labute approximate surface area is 183 Å². The molecule has 0 atom stereocenters. The highest BCUT2D eigenvalue weighted by Crippen LogP contribution is 2.29. The third kappa shape index (κ3) is 3.37. The molecule has 0 aliphatic heterocycles. The quantitative estimate of drug-likeness (QED) is 0.442. The van der Waals surface area contributed by atoms with E-state index in [1.54, 1.807) is 30.8 Å². The molecule has 5 rings (SSSR count). The van der Waals surface area contributed by atoms with E-state index in [0.29, 0.717) is 22.9 Å². The molecule has 32 heavy (non-hydrogen) atoms. The number of amides is 1. The normalized spacial score (nSPS) is 10.9. The topological polar surface area (TPSA) is 93.4 Å². The summed E-state index contributed by atoms with van der Waals surface area (Å²) in [6, 6.07) is 22.8. The number of ether oxygens (including phenoxy) is 1. The molecule has 8 heteroatoms. The Morgan fingerprint density at radius 1 is 0.906 bits per heavy atom. The maximum Gasteiger partial charge on any atom is 0.251 e. The molecular formula is C24H20N6O2. The van der Waals surface area contributed by atoms with Crippen LogP contribution in [0.4, 0.5) is 11.5 Å². The minimum atomic E-state index is -0.129. The molecule has 0 aliphatic rings. The van der Waals surface area contributed by atoms with Crippen LogP contribution in [0.15, 0.2) is 72.8 Å². The van der Waals surface area contributed by atoms with Crippen molar-refractivity contribution in [1.29, 1.82) is 0 Å². The minimum absolute atomic E-state index is 0.129. The average Bonchev–Trinajstić information content (AvgIpc) is 3.28. The lowest BCUT2D eigenvalue weighted by Gasteiger charge is -2.11. The van der Waals surface area contributed by atoms with Gasteiger partial charge in [0.25, 0.3) is 5.91 Å². The SMILES string of the molecule is CNC(=O)c1ccc(Nc2nn3c(-c4ccc(OC)cc4)nnc3c3ccccc23)cc1. The second-order valence-corrected chi connectivity index (χ2v) is 7.16. The second kappa shape index (κ2) is 7.99. The van der Waals surface area contributed by atoms with Crippen molar-refractivity contribution in [2.45, 2.75) is 0 Å². The molecule has 0 unspecified atom stereocenters. The van der Waals surface area contributed by atoms with E-state index in [-0.39, 0.29) is 5.91 Å². The second-order valence-electron chi connectivity index (χ2n) is 7.16. The van der Waals surface area contributed by atoms with Crippen molar-refractivity contribution in [1.82, 2.24) is 25.1 Å². The Hall–Kier alpha value is -4.46. The largest absolute Gasteiger partial charge is 0.497 e. The number of methoxy groups -OCH3 is 1. The number of benzene rings is 3. The van der Waals surface area contributed by atoms with Gasteiger partial charge in [-0.25, -0.2) is 0 Å². The number of nitrogens with one attached hydrogen (secondary N) is 2. The van der Waals surface area contributed by atoms with Crippen LogP contribution in [0.5, 0.6) is 5.75 Å². The predicted octanol–water partition coefficient (Wildman–Crippen LogP) is 4.06. The van der Waals surface area contributed by atoms with Crippen molar-refractivity contribution < 1.29 is 9.53 Å². The summed E-state index contributed by atoms with van der Waals surface area (Å²) in [7, 11) is 3.24. The molecule has 1 amide bonds. The fourth-order valence-electron chi connectivity index (χ4n) is 3.58. The van der Waals surface area contributed by atoms with Crippen molar-refractivity contribution in [3.8, 4) is 17.1 Å². The first-order chi connectivity index (χ1) is 15.7. The van der Waals surface area contributed by atoms with E-state index in [1.165, 1.54) is 0 Å². The van der Waals surface area contributed by atoms with Gasteiger partial charge in [-0.2, -0.15) is 4.52 Å². The van der Waals surface area contributed by atoms with Crippen LogP contribution in [0.3, 0.4) is 0 Å². The van der Waals surface area contributed by atoms with Gasteiger partial charge < -0.3 is 15.4 Å². The molecule has 0 fully saturated rings. The monoisotopic (exact) mass is 424 g/mol. The molecule has 8 nitrogen and oxygen atoms in total. The lowest BCUT2D eigenvalue weighted by molar-refractivity contribution is 0.0963. The van der Waals surface area contributed by atoms with Gasteiger partial charge in [-0.1, -0.05) is 24.3 Å². The zero-order valence-corrected chi connectivity index (χ0v) is 17.5. The van der Waals surface area contributed by atoms with Crippen LogP contribution < -0.4 is 15.4 Å². The van der Waals surface area contributed by atoms with Gasteiger partial charge in [0.2, 0.25) is 0 Å². The molecule has 5 aromatic rings. The van der Waals surface area contributed by atoms with E-state index in [9.17, 15) is 4.79 Å². The third-order valence-corrected chi connectivity index (χ3v) is 5.25. The van der Waals surface area contributed by atoms with E-state index >= 15 is 0 Å². The standard InChI is InChI=1S/C24H20N6O2/c1-25-24(31)16-7-11-17(12-8-16)26-21-19-5-3-4-6-20(19)23-28-27-22(30(23)29-21)15-9-13-18(32-2)14-10-15/h3-14H,1-2H3,(H,25,31)(H,26,29). The minimum Gasteiger partial charge on any atom is -0.497 e. The molecule has 158 valence electrons. The Bertz CT molecular complexity index is 1430. The van der Waals surface area contributed by atoms with Gasteiger partial charge in [0.05, 0.1) is 7.11 Å². The molecule has 0 radical (unpaired) electrons. The van der Waals surface area contributed by atoms with Crippen molar-refractivity contribution >= 4 is 33.8 Å². The lowest BCUT2D eigenvalue weighted by atomic mass is 10.1. The lowest BCUT2D eigenvalue weighted by Crippen LogP contribution is -2.17. The van der Waals surface area contributed by atoms with Gasteiger partial charge in [-0.05, 0) is 48.5 Å². The highest BCUT2D eigenvalue weighted by molar-refractivity contribution is 6.01. The summed E-state index contributed by atoms with van der Waals surface area (Å²) in [5.41, 5.74) is 2.95. The number of fused-ring (bicyclic) bond motifs is 3. The van der Waals surface area contributed by atoms with Crippen LogP contribution in [0.2, 0.25) is 0 Å². The maximum absolute atomic E-state index is 11.8. The Kier molecular flexibility index (Phi) is 4.87. The van der Waals surface area contributed by atoms with Crippen LogP contribution in [0.1, 0.15) is 10.4 Å². The summed E-state index contributed by atoms with van der Waals surface area (Å²) in [6.07, 6.45) is 0. The molecule has 0 spiro atoms. The number of anilines is 2. The van der Waals surface area contributed by atoms with Gasteiger partial charge in [0.15, 0.2) is 17.3 Å². The van der Waals surface area contributed by atoms with Gasteiger partial charge in [-0.15, -0.1) is 15.3 Å². The number of nitrogens with zero attached hydrogens (tertiary/aromatic N) is 4. The van der Waals surface area contributed by atoms with Crippen LogP contribution in [-0.4, -0.2) is 39.9 Å². The van der Waals surface area contributed by atoms with Gasteiger partial charge in [-0.3, -0.25) is 4.79 Å². The average molecular weight is 424 g/mol. The molecule has 0 saturated carbocycles. The number of aromatic nitrogens is 4. The number of carbonyl (C=O) groups is 1. The Morgan fingerprint density at radius 2 is 1.62 bits per heavy atom. The summed E-state index contributed by atoms with van der Waals surface area (Å²) in [5.74, 6) is 1.93.